The number of nitrogens with two attached hydrogens (primary N) is 1. The van der Waals surface area contributed by atoms with Gasteiger partial charge in [-0.15, -0.1) is 6.42 Å². The predicted molar refractivity (Wildman–Crippen MR) is 60.4 cm³/mol. The van der Waals surface area contributed by atoms with Crippen molar-refractivity contribution in [1.29, 1.82) is 0 Å². The molecule has 0 spiro atoms. The second-order valence-corrected chi connectivity index (χ2v) is 5.16. The molecule has 3 unspecified atom stereocenters. The topological polar surface area (TPSA) is 64.4 Å². The second-order valence-electron chi connectivity index (χ2n) is 5.16. The molecule has 1 saturated heterocycles. The standard InChI is InChI=1S/C12H18N2O2/c1-4-6-14-10(15)12(13)8-5-7-16-9(8)11(12,2)3/h1,8-9H,5-7,13H2,2-3H3,(H,14,15). The average Bonchev–Trinajstić information content (AvgIpc) is 2.72. The van der Waals surface area contributed by atoms with E-state index in [4.69, 9.17) is 16.9 Å². The van der Waals surface area contributed by atoms with E-state index in [-0.39, 0.29) is 29.9 Å². The normalized spacial score (nSPS) is 39.4. The van der Waals surface area contributed by atoms with E-state index in [0.717, 1.165) is 6.42 Å². The van der Waals surface area contributed by atoms with Crippen LogP contribution in [0.25, 0.3) is 0 Å². The fraction of sp³-hybridized carbons (Fsp3) is 0.750. The van der Waals surface area contributed by atoms with Gasteiger partial charge in [0.2, 0.25) is 5.91 Å². The monoisotopic (exact) mass is 222 g/mol. The van der Waals surface area contributed by atoms with E-state index in [1.807, 2.05) is 13.8 Å². The number of amides is 1. The lowest BCUT2D eigenvalue weighted by Crippen LogP contribution is -2.80. The quantitative estimate of drug-likeness (QED) is 0.640. The second kappa shape index (κ2) is 3.47. The number of rotatable bonds is 2. The van der Waals surface area contributed by atoms with Crippen molar-refractivity contribution < 1.29 is 9.53 Å². The van der Waals surface area contributed by atoms with Crippen LogP contribution in [-0.4, -0.2) is 30.7 Å². The van der Waals surface area contributed by atoms with Gasteiger partial charge in [-0.2, -0.15) is 0 Å². The molecule has 4 heteroatoms. The molecule has 3 N–H and O–H groups in total. The van der Waals surface area contributed by atoms with Crippen molar-refractivity contribution in [2.75, 3.05) is 13.2 Å². The first kappa shape index (κ1) is 11.4. The lowest BCUT2D eigenvalue weighted by atomic mass is 9.48. The number of hydrogen-bond donors (Lipinski definition) is 2. The number of nitrogens with one attached hydrogen (secondary N) is 1. The zero-order valence-electron chi connectivity index (χ0n) is 9.75. The molecule has 1 aliphatic carbocycles. The molecular weight excluding hydrogens is 204 g/mol. The summed E-state index contributed by atoms with van der Waals surface area (Å²) in [5.41, 5.74) is 5.12. The van der Waals surface area contributed by atoms with Gasteiger partial charge in [-0.05, 0) is 6.42 Å². The maximum Gasteiger partial charge on any atom is 0.241 e. The van der Waals surface area contributed by atoms with Gasteiger partial charge < -0.3 is 15.8 Å². The van der Waals surface area contributed by atoms with Crippen molar-refractivity contribution in [3.63, 3.8) is 0 Å². The molecule has 1 saturated carbocycles. The van der Waals surface area contributed by atoms with Crippen LogP contribution in [0.5, 0.6) is 0 Å². The smallest absolute Gasteiger partial charge is 0.241 e. The van der Waals surface area contributed by atoms with Crippen molar-refractivity contribution in [1.82, 2.24) is 5.32 Å². The zero-order chi connectivity index (χ0) is 12.0. The number of hydrogen-bond acceptors (Lipinski definition) is 3. The molecule has 3 atom stereocenters. The third-order valence-electron chi connectivity index (χ3n) is 4.18. The van der Waals surface area contributed by atoms with Gasteiger partial charge in [0, 0.05) is 17.9 Å². The summed E-state index contributed by atoms with van der Waals surface area (Å²) in [5.74, 6) is 2.36. The highest BCUT2D eigenvalue weighted by Crippen LogP contribution is 2.58. The van der Waals surface area contributed by atoms with E-state index in [0.29, 0.717) is 6.61 Å². The SMILES string of the molecule is C#CCNC(=O)C1(N)C2CCOC2C1(C)C. The summed E-state index contributed by atoms with van der Waals surface area (Å²) in [6, 6.07) is 0. The van der Waals surface area contributed by atoms with Crippen LogP contribution in [0.15, 0.2) is 0 Å². The Balaban J connectivity index is 2.18. The fourth-order valence-electron chi connectivity index (χ4n) is 3.12. The Hall–Kier alpha value is -1.05. The van der Waals surface area contributed by atoms with E-state index in [9.17, 15) is 4.79 Å². The van der Waals surface area contributed by atoms with Crippen molar-refractivity contribution in [2.24, 2.45) is 17.1 Å². The van der Waals surface area contributed by atoms with Crippen LogP contribution in [0.2, 0.25) is 0 Å². The third kappa shape index (κ3) is 1.16. The number of carbonyl (C=O) groups excluding carboxylic acids is 1. The van der Waals surface area contributed by atoms with Gasteiger partial charge >= 0.3 is 0 Å². The Kier molecular flexibility index (Phi) is 2.48. The first-order valence-corrected chi connectivity index (χ1v) is 5.58. The first-order valence-electron chi connectivity index (χ1n) is 5.58. The Labute approximate surface area is 95.9 Å². The van der Waals surface area contributed by atoms with Crippen LogP contribution in [0.3, 0.4) is 0 Å². The van der Waals surface area contributed by atoms with E-state index < -0.39 is 5.54 Å². The molecule has 88 valence electrons. The molecule has 1 heterocycles. The molecule has 0 aromatic rings. The number of fused-ring (bicyclic) bond motifs is 1. The highest BCUT2D eigenvalue weighted by molar-refractivity contribution is 5.89. The summed E-state index contributed by atoms with van der Waals surface area (Å²) < 4.78 is 5.62. The first-order chi connectivity index (χ1) is 7.46. The van der Waals surface area contributed by atoms with E-state index >= 15 is 0 Å². The van der Waals surface area contributed by atoms with E-state index in [1.165, 1.54) is 0 Å². The Morgan fingerprint density at radius 1 is 1.69 bits per heavy atom. The maximum absolute atomic E-state index is 12.1. The Bertz CT molecular complexity index is 359. The van der Waals surface area contributed by atoms with Crippen LogP contribution in [-0.2, 0) is 9.53 Å². The Morgan fingerprint density at radius 2 is 2.38 bits per heavy atom. The molecule has 2 fully saturated rings. The van der Waals surface area contributed by atoms with Gasteiger partial charge in [-0.25, -0.2) is 0 Å². The average molecular weight is 222 g/mol. The highest BCUT2D eigenvalue weighted by Gasteiger charge is 2.71. The van der Waals surface area contributed by atoms with Gasteiger partial charge in [0.05, 0.1) is 12.6 Å². The summed E-state index contributed by atoms with van der Waals surface area (Å²) in [5, 5.41) is 2.69. The molecule has 16 heavy (non-hydrogen) atoms. The zero-order valence-corrected chi connectivity index (χ0v) is 9.75. The summed E-state index contributed by atoms with van der Waals surface area (Å²) in [4.78, 5) is 12.1. The van der Waals surface area contributed by atoms with Gasteiger partial charge in [0.1, 0.15) is 5.54 Å². The van der Waals surface area contributed by atoms with Crippen molar-refractivity contribution in [2.45, 2.75) is 31.9 Å². The highest BCUT2D eigenvalue weighted by atomic mass is 16.5. The van der Waals surface area contributed by atoms with Crippen molar-refractivity contribution in [3.8, 4) is 12.3 Å². The van der Waals surface area contributed by atoms with Gasteiger partial charge in [-0.1, -0.05) is 19.8 Å². The summed E-state index contributed by atoms with van der Waals surface area (Å²) >= 11 is 0. The van der Waals surface area contributed by atoms with Crippen LogP contribution >= 0.6 is 0 Å². The molecular formula is C12H18N2O2. The largest absolute Gasteiger partial charge is 0.377 e. The van der Waals surface area contributed by atoms with Crippen molar-refractivity contribution in [3.05, 3.63) is 0 Å². The third-order valence-corrected chi connectivity index (χ3v) is 4.18. The van der Waals surface area contributed by atoms with Crippen LogP contribution in [0.1, 0.15) is 20.3 Å². The molecule has 1 aliphatic heterocycles. The lowest BCUT2D eigenvalue weighted by molar-refractivity contribution is -0.175. The molecule has 0 radical (unpaired) electrons. The fourth-order valence-corrected chi connectivity index (χ4v) is 3.12. The molecule has 4 nitrogen and oxygen atoms in total. The minimum atomic E-state index is -0.842. The molecule has 0 bridgehead atoms. The maximum atomic E-state index is 12.1. The molecule has 1 amide bonds. The van der Waals surface area contributed by atoms with Gasteiger partial charge in [-0.3, -0.25) is 4.79 Å². The molecule has 2 rings (SSSR count). The minimum Gasteiger partial charge on any atom is -0.377 e. The van der Waals surface area contributed by atoms with E-state index in [2.05, 4.69) is 11.2 Å². The molecule has 0 aromatic carbocycles. The van der Waals surface area contributed by atoms with E-state index in [1.54, 1.807) is 0 Å². The van der Waals surface area contributed by atoms with Gasteiger partial charge in [0.15, 0.2) is 0 Å². The molecule has 2 aliphatic rings. The number of ether oxygens (including phenoxy) is 1. The minimum absolute atomic E-state index is 0.106. The van der Waals surface area contributed by atoms with Gasteiger partial charge in [0.25, 0.3) is 0 Å². The lowest BCUT2D eigenvalue weighted by Gasteiger charge is -2.60. The van der Waals surface area contributed by atoms with Crippen LogP contribution in [0, 0.1) is 23.7 Å². The summed E-state index contributed by atoms with van der Waals surface area (Å²) in [6.45, 7) is 4.89. The number of terminal acetylenes is 1. The van der Waals surface area contributed by atoms with Crippen LogP contribution < -0.4 is 11.1 Å². The predicted octanol–water partition coefficient (Wildman–Crippen LogP) is -0.122. The Morgan fingerprint density at radius 3 is 3.00 bits per heavy atom. The van der Waals surface area contributed by atoms with Crippen molar-refractivity contribution >= 4 is 5.91 Å². The summed E-state index contributed by atoms with van der Waals surface area (Å²) in [7, 11) is 0. The summed E-state index contributed by atoms with van der Waals surface area (Å²) in [6.07, 6.45) is 6.08. The number of carbonyl (C=O) groups is 1. The molecule has 0 aromatic heterocycles. The van der Waals surface area contributed by atoms with Crippen LogP contribution in [0.4, 0.5) is 0 Å².